The maximum atomic E-state index is 11.8. The van der Waals surface area contributed by atoms with E-state index in [1.165, 1.54) is 32.1 Å². The number of benzene rings is 1. The van der Waals surface area contributed by atoms with Crippen molar-refractivity contribution >= 4 is 11.6 Å². The molecule has 1 aromatic rings. The first-order valence-electron chi connectivity index (χ1n) is 7.64. The van der Waals surface area contributed by atoms with Gasteiger partial charge in [0.05, 0.1) is 0 Å². The number of amides is 1. The van der Waals surface area contributed by atoms with Gasteiger partial charge in [0.25, 0.3) is 5.91 Å². The topological polar surface area (TPSA) is 32.3 Å². The first-order chi connectivity index (χ1) is 9.56. The number of carbonyl (C=O) groups is 1. The average molecular weight is 274 g/mol. The van der Waals surface area contributed by atoms with E-state index in [4.69, 9.17) is 0 Å². The van der Waals surface area contributed by atoms with E-state index >= 15 is 0 Å². The fraction of sp³-hybridized carbons (Fsp3) is 0.588. The van der Waals surface area contributed by atoms with Crippen molar-refractivity contribution in [3.8, 4) is 0 Å². The molecule has 3 nitrogen and oxygen atoms in total. The van der Waals surface area contributed by atoms with Crippen LogP contribution in [0.1, 0.15) is 49.4 Å². The van der Waals surface area contributed by atoms with Crippen LogP contribution in [-0.2, 0) is 0 Å². The van der Waals surface area contributed by atoms with Gasteiger partial charge in [0.1, 0.15) is 0 Å². The summed E-state index contributed by atoms with van der Waals surface area (Å²) in [5.41, 5.74) is 1.87. The summed E-state index contributed by atoms with van der Waals surface area (Å²) < 4.78 is 0. The summed E-state index contributed by atoms with van der Waals surface area (Å²) >= 11 is 0. The van der Waals surface area contributed by atoms with Crippen molar-refractivity contribution in [3.63, 3.8) is 0 Å². The number of nitrogens with zero attached hydrogens (tertiary/aromatic N) is 1. The van der Waals surface area contributed by atoms with Crippen molar-refractivity contribution in [3.05, 3.63) is 29.8 Å². The molecule has 2 unspecified atom stereocenters. The first kappa shape index (κ1) is 14.9. The van der Waals surface area contributed by atoms with Crippen LogP contribution < -0.4 is 5.32 Å². The van der Waals surface area contributed by atoms with Crippen LogP contribution in [-0.4, -0.2) is 30.9 Å². The molecule has 1 amide bonds. The zero-order valence-corrected chi connectivity index (χ0v) is 12.9. The maximum Gasteiger partial charge on any atom is 0.253 e. The molecule has 1 aromatic carbocycles. The second kappa shape index (κ2) is 6.78. The Labute approximate surface area is 122 Å². The molecule has 1 saturated carbocycles. The number of carbonyl (C=O) groups excluding carboxylic acids is 1. The van der Waals surface area contributed by atoms with Gasteiger partial charge in [-0.3, -0.25) is 4.79 Å². The van der Waals surface area contributed by atoms with Gasteiger partial charge < -0.3 is 10.2 Å². The van der Waals surface area contributed by atoms with Crippen LogP contribution in [0, 0.1) is 5.92 Å². The van der Waals surface area contributed by atoms with Gasteiger partial charge in [0, 0.05) is 31.4 Å². The Morgan fingerprint density at radius 3 is 2.45 bits per heavy atom. The Kier molecular flexibility index (Phi) is 5.05. The lowest BCUT2D eigenvalue weighted by atomic mass is 10.0. The van der Waals surface area contributed by atoms with Gasteiger partial charge in [-0.25, -0.2) is 0 Å². The summed E-state index contributed by atoms with van der Waals surface area (Å²) in [5, 5.41) is 3.61. The molecule has 0 saturated heterocycles. The lowest BCUT2D eigenvalue weighted by Gasteiger charge is -2.18. The molecule has 0 heterocycles. The van der Waals surface area contributed by atoms with E-state index in [1.54, 1.807) is 19.0 Å². The number of hydrogen-bond donors (Lipinski definition) is 1. The van der Waals surface area contributed by atoms with Crippen LogP contribution in [0.5, 0.6) is 0 Å². The van der Waals surface area contributed by atoms with Crippen molar-refractivity contribution in [2.45, 2.75) is 45.1 Å². The van der Waals surface area contributed by atoms with E-state index in [9.17, 15) is 4.79 Å². The Morgan fingerprint density at radius 2 is 1.80 bits per heavy atom. The molecule has 2 rings (SSSR count). The average Bonchev–Trinajstić information content (AvgIpc) is 2.64. The third kappa shape index (κ3) is 3.99. The summed E-state index contributed by atoms with van der Waals surface area (Å²) in [6, 6.07) is 8.43. The SMILES string of the molecule is CC1CCCC(Nc2ccc(C(=O)N(C)C)cc2)CC1. The Balaban J connectivity index is 1.95. The smallest absolute Gasteiger partial charge is 0.253 e. The van der Waals surface area contributed by atoms with Crippen LogP contribution in [0.2, 0.25) is 0 Å². The molecule has 0 spiro atoms. The zero-order valence-electron chi connectivity index (χ0n) is 12.9. The summed E-state index contributed by atoms with van der Waals surface area (Å²) in [5.74, 6) is 0.918. The molecular formula is C17H26N2O. The molecular weight excluding hydrogens is 248 g/mol. The van der Waals surface area contributed by atoms with Crippen LogP contribution in [0.25, 0.3) is 0 Å². The van der Waals surface area contributed by atoms with Crippen molar-refractivity contribution in [2.24, 2.45) is 5.92 Å². The van der Waals surface area contributed by atoms with E-state index < -0.39 is 0 Å². The number of nitrogens with one attached hydrogen (secondary N) is 1. The Hall–Kier alpha value is -1.51. The summed E-state index contributed by atoms with van der Waals surface area (Å²) in [6.07, 6.45) is 6.49. The van der Waals surface area contributed by atoms with Crippen LogP contribution in [0.3, 0.4) is 0 Å². The molecule has 0 bridgehead atoms. The molecule has 1 aliphatic carbocycles. The highest BCUT2D eigenvalue weighted by atomic mass is 16.2. The van der Waals surface area contributed by atoms with Crippen molar-refractivity contribution in [2.75, 3.05) is 19.4 Å². The molecule has 1 N–H and O–H groups in total. The molecule has 0 aliphatic heterocycles. The van der Waals surface area contributed by atoms with Gasteiger partial charge in [-0.2, -0.15) is 0 Å². The molecule has 3 heteroatoms. The largest absolute Gasteiger partial charge is 0.382 e. The first-order valence-corrected chi connectivity index (χ1v) is 7.64. The lowest BCUT2D eigenvalue weighted by Crippen LogP contribution is -2.22. The van der Waals surface area contributed by atoms with Gasteiger partial charge in [0.2, 0.25) is 0 Å². The summed E-state index contributed by atoms with van der Waals surface area (Å²) in [7, 11) is 3.56. The third-order valence-electron chi connectivity index (χ3n) is 4.17. The maximum absolute atomic E-state index is 11.8. The second-order valence-electron chi connectivity index (χ2n) is 6.23. The highest BCUT2D eigenvalue weighted by Crippen LogP contribution is 2.25. The highest BCUT2D eigenvalue weighted by molar-refractivity contribution is 5.94. The van der Waals surface area contributed by atoms with Gasteiger partial charge in [-0.15, -0.1) is 0 Å². The van der Waals surface area contributed by atoms with E-state index in [2.05, 4.69) is 12.2 Å². The minimum Gasteiger partial charge on any atom is -0.382 e. The minimum atomic E-state index is 0.0554. The monoisotopic (exact) mass is 274 g/mol. The molecule has 20 heavy (non-hydrogen) atoms. The fourth-order valence-electron chi connectivity index (χ4n) is 2.83. The van der Waals surface area contributed by atoms with Crippen molar-refractivity contribution in [1.29, 1.82) is 0 Å². The van der Waals surface area contributed by atoms with Crippen molar-refractivity contribution in [1.82, 2.24) is 4.90 Å². The van der Waals surface area contributed by atoms with E-state index in [-0.39, 0.29) is 5.91 Å². The fourth-order valence-corrected chi connectivity index (χ4v) is 2.83. The molecule has 1 fully saturated rings. The summed E-state index contributed by atoms with van der Waals surface area (Å²) in [6.45, 7) is 2.35. The van der Waals surface area contributed by atoms with E-state index in [1.807, 2.05) is 24.3 Å². The van der Waals surface area contributed by atoms with Crippen molar-refractivity contribution < 1.29 is 4.79 Å². The van der Waals surface area contributed by atoms with Gasteiger partial charge in [-0.05, 0) is 49.4 Å². The van der Waals surface area contributed by atoms with Gasteiger partial charge in [0.15, 0.2) is 0 Å². The quantitative estimate of drug-likeness (QED) is 0.851. The predicted octanol–water partition coefficient (Wildman–Crippen LogP) is 3.77. The number of hydrogen-bond acceptors (Lipinski definition) is 2. The zero-order chi connectivity index (χ0) is 14.5. The molecule has 1 aliphatic rings. The molecule has 0 radical (unpaired) electrons. The standard InChI is InChI=1S/C17H26N2O/c1-13-5-4-6-15(10-7-13)18-16-11-8-14(9-12-16)17(20)19(2)3/h8-9,11-13,15,18H,4-7,10H2,1-3H3. The van der Waals surface area contributed by atoms with E-state index in [0.29, 0.717) is 6.04 Å². The third-order valence-corrected chi connectivity index (χ3v) is 4.17. The Bertz CT molecular complexity index is 439. The molecule has 110 valence electrons. The van der Waals surface area contributed by atoms with Gasteiger partial charge in [-0.1, -0.05) is 19.8 Å². The van der Waals surface area contributed by atoms with Crippen LogP contribution >= 0.6 is 0 Å². The minimum absolute atomic E-state index is 0.0554. The van der Waals surface area contributed by atoms with Crippen LogP contribution in [0.15, 0.2) is 24.3 Å². The summed E-state index contributed by atoms with van der Waals surface area (Å²) in [4.78, 5) is 13.4. The predicted molar refractivity (Wildman–Crippen MR) is 84.1 cm³/mol. The lowest BCUT2D eigenvalue weighted by molar-refractivity contribution is 0.0827. The highest BCUT2D eigenvalue weighted by Gasteiger charge is 2.16. The van der Waals surface area contributed by atoms with Crippen LogP contribution in [0.4, 0.5) is 5.69 Å². The second-order valence-corrected chi connectivity index (χ2v) is 6.23. The molecule has 0 aromatic heterocycles. The normalized spacial score (nSPS) is 22.9. The number of anilines is 1. The molecule has 2 atom stereocenters. The van der Waals surface area contributed by atoms with Gasteiger partial charge >= 0.3 is 0 Å². The Morgan fingerprint density at radius 1 is 1.10 bits per heavy atom. The van der Waals surface area contributed by atoms with E-state index in [0.717, 1.165) is 17.2 Å². The number of rotatable bonds is 3.